The fourth-order valence-electron chi connectivity index (χ4n) is 3.13. The van der Waals surface area contributed by atoms with Gasteiger partial charge in [0.05, 0.1) is 0 Å². The normalized spacial score (nSPS) is 26.5. The summed E-state index contributed by atoms with van der Waals surface area (Å²) in [6.07, 6.45) is 6.66. The van der Waals surface area contributed by atoms with Crippen LogP contribution < -0.4 is 5.73 Å². The third-order valence-corrected chi connectivity index (χ3v) is 4.65. The van der Waals surface area contributed by atoms with E-state index in [-0.39, 0.29) is 0 Å². The quantitative estimate of drug-likeness (QED) is 0.799. The van der Waals surface area contributed by atoms with E-state index in [9.17, 15) is 0 Å². The van der Waals surface area contributed by atoms with Crippen molar-refractivity contribution in [3.8, 4) is 0 Å². The summed E-state index contributed by atoms with van der Waals surface area (Å²) in [5.74, 6) is 0.600. The molecule has 2 atom stereocenters. The molecule has 1 rings (SSSR count). The Balaban J connectivity index is 2.43. The molecule has 0 bridgehead atoms. The summed E-state index contributed by atoms with van der Waals surface area (Å²) < 4.78 is 0. The highest BCUT2D eigenvalue weighted by Crippen LogP contribution is 2.38. The predicted octanol–water partition coefficient (Wildman–Crippen LogP) is 3.26. The van der Waals surface area contributed by atoms with Crippen molar-refractivity contribution in [1.82, 2.24) is 4.90 Å². The van der Waals surface area contributed by atoms with Crippen molar-refractivity contribution in [1.29, 1.82) is 0 Å². The molecule has 0 amide bonds. The van der Waals surface area contributed by atoms with Crippen LogP contribution in [0.25, 0.3) is 0 Å². The number of rotatable bonds is 5. The lowest BCUT2D eigenvalue weighted by atomic mass is 9.72. The summed E-state index contributed by atoms with van der Waals surface area (Å²) in [7, 11) is 2.28. The number of nitrogens with two attached hydrogens (primary N) is 1. The SMILES string of the molecule is CC(C)C(N)CCN(C)C1CCCCC1(C)C. The smallest absolute Gasteiger partial charge is 0.0143 e. The van der Waals surface area contributed by atoms with Gasteiger partial charge in [-0.05, 0) is 44.2 Å². The monoisotopic (exact) mass is 240 g/mol. The minimum atomic E-state index is 0.351. The topological polar surface area (TPSA) is 29.3 Å². The first-order valence-corrected chi connectivity index (χ1v) is 7.30. The van der Waals surface area contributed by atoms with E-state index in [4.69, 9.17) is 5.73 Å². The van der Waals surface area contributed by atoms with Gasteiger partial charge >= 0.3 is 0 Å². The largest absolute Gasteiger partial charge is 0.327 e. The van der Waals surface area contributed by atoms with Gasteiger partial charge in [-0.1, -0.05) is 40.5 Å². The Bertz CT molecular complexity index is 223. The number of hydrogen-bond acceptors (Lipinski definition) is 2. The lowest BCUT2D eigenvalue weighted by molar-refractivity contribution is 0.0651. The zero-order chi connectivity index (χ0) is 13.1. The minimum Gasteiger partial charge on any atom is -0.327 e. The number of nitrogens with zero attached hydrogens (tertiary/aromatic N) is 1. The third-order valence-electron chi connectivity index (χ3n) is 4.65. The molecule has 1 aliphatic carbocycles. The third kappa shape index (κ3) is 4.26. The van der Waals surface area contributed by atoms with Crippen LogP contribution in [0.15, 0.2) is 0 Å². The van der Waals surface area contributed by atoms with Gasteiger partial charge in [-0.2, -0.15) is 0 Å². The van der Waals surface area contributed by atoms with E-state index >= 15 is 0 Å². The van der Waals surface area contributed by atoms with E-state index in [0.717, 1.165) is 19.0 Å². The molecule has 0 saturated heterocycles. The van der Waals surface area contributed by atoms with Gasteiger partial charge in [0.2, 0.25) is 0 Å². The molecule has 0 aromatic rings. The van der Waals surface area contributed by atoms with Crippen LogP contribution in [0, 0.1) is 11.3 Å². The van der Waals surface area contributed by atoms with Crippen LogP contribution in [0.2, 0.25) is 0 Å². The molecule has 0 heterocycles. The van der Waals surface area contributed by atoms with E-state index < -0.39 is 0 Å². The summed E-state index contributed by atoms with van der Waals surface area (Å²) >= 11 is 0. The van der Waals surface area contributed by atoms with Crippen molar-refractivity contribution >= 4 is 0 Å². The Labute approximate surface area is 108 Å². The van der Waals surface area contributed by atoms with Gasteiger partial charge < -0.3 is 10.6 Å². The van der Waals surface area contributed by atoms with Gasteiger partial charge in [0, 0.05) is 12.1 Å². The summed E-state index contributed by atoms with van der Waals surface area (Å²) in [5, 5.41) is 0. The van der Waals surface area contributed by atoms with E-state index in [2.05, 4.69) is 39.6 Å². The standard InChI is InChI=1S/C15H32N2/c1-12(2)13(16)9-11-17(5)14-8-6-7-10-15(14,3)4/h12-14H,6-11,16H2,1-5H3. The van der Waals surface area contributed by atoms with Gasteiger partial charge in [-0.3, -0.25) is 0 Å². The molecule has 2 heteroatoms. The van der Waals surface area contributed by atoms with Crippen molar-refractivity contribution in [3.63, 3.8) is 0 Å². The van der Waals surface area contributed by atoms with Crippen LogP contribution in [-0.4, -0.2) is 30.6 Å². The molecule has 1 aliphatic rings. The van der Waals surface area contributed by atoms with Crippen molar-refractivity contribution in [2.75, 3.05) is 13.6 Å². The maximum atomic E-state index is 6.14. The molecule has 0 aromatic carbocycles. The summed E-state index contributed by atoms with van der Waals surface area (Å²) in [4.78, 5) is 2.56. The van der Waals surface area contributed by atoms with Crippen LogP contribution in [0.5, 0.6) is 0 Å². The molecule has 0 radical (unpaired) electrons. The van der Waals surface area contributed by atoms with Crippen LogP contribution in [-0.2, 0) is 0 Å². The molecular formula is C15H32N2. The van der Waals surface area contributed by atoms with Crippen molar-refractivity contribution in [2.45, 2.75) is 71.9 Å². The van der Waals surface area contributed by atoms with E-state index in [1.54, 1.807) is 0 Å². The highest BCUT2D eigenvalue weighted by molar-refractivity contribution is 4.89. The maximum Gasteiger partial charge on any atom is 0.0143 e. The molecule has 0 spiro atoms. The van der Waals surface area contributed by atoms with Crippen molar-refractivity contribution < 1.29 is 0 Å². The first-order chi connectivity index (χ1) is 7.84. The number of hydrogen-bond donors (Lipinski definition) is 1. The van der Waals surface area contributed by atoms with Crippen molar-refractivity contribution in [3.05, 3.63) is 0 Å². The van der Waals surface area contributed by atoms with Gasteiger partial charge in [0.1, 0.15) is 0 Å². The molecular weight excluding hydrogens is 208 g/mol. The lowest BCUT2D eigenvalue weighted by Gasteiger charge is -2.44. The zero-order valence-electron chi connectivity index (χ0n) is 12.5. The average Bonchev–Trinajstić information content (AvgIpc) is 2.24. The van der Waals surface area contributed by atoms with E-state index in [1.807, 2.05) is 0 Å². The molecule has 17 heavy (non-hydrogen) atoms. The van der Waals surface area contributed by atoms with Gasteiger partial charge in [-0.15, -0.1) is 0 Å². The van der Waals surface area contributed by atoms with Gasteiger partial charge in [0.15, 0.2) is 0 Å². The summed E-state index contributed by atoms with van der Waals surface area (Å²) in [6, 6.07) is 1.10. The molecule has 1 saturated carbocycles. The highest BCUT2D eigenvalue weighted by atomic mass is 15.1. The van der Waals surface area contributed by atoms with Gasteiger partial charge in [-0.25, -0.2) is 0 Å². The Morgan fingerprint density at radius 3 is 2.47 bits per heavy atom. The first kappa shape index (κ1) is 15.0. The fraction of sp³-hybridized carbons (Fsp3) is 1.00. The fourth-order valence-corrected chi connectivity index (χ4v) is 3.13. The van der Waals surface area contributed by atoms with Crippen LogP contribution >= 0.6 is 0 Å². The average molecular weight is 240 g/mol. The Hall–Kier alpha value is -0.0800. The molecule has 102 valence electrons. The lowest BCUT2D eigenvalue weighted by Crippen LogP contribution is -2.46. The molecule has 2 N–H and O–H groups in total. The van der Waals surface area contributed by atoms with Crippen molar-refractivity contribution in [2.24, 2.45) is 17.1 Å². The van der Waals surface area contributed by atoms with Gasteiger partial charge in [0.25, 0.3) is 0 Å². The Morgan fingerprint density at radius 2 is 1.94 bits per heavy atom. The maximum absolute atomic E-state index is 6.14. The minimum absolute atomic E-state index is 0.351. The second-order valence-corrected chi connectivity index (χ2v) is 6.93. The molecule has 0 aliphatic heterocycles. The second-order valence-electron chi connectivity index (χ2n) is 6.93. The molecule has 1 fully saturated rings. The molecule has 2 nitrogen and oxygen atoms in total. The second kappa shape index (κ2) is 6.19. The van der Waals surface area contributed by atoms with Crippen LogP contribution in [0.1, 0.15) is 59.8 Å². The van der Waals surface area contributed by atoms with Crippen LogP contribution in [0.4, 0.5) is 0 Å². The predicted molar refractivity (Wildman–Crippen MR) is 76.1 cm³/mol. The highest BCUT2D eigenvalue weighted by Gasteiger charge is 2.34. The van der Waals surface area contributed by atoms with E-state index in [1.165, 1.54) is 25.7 Å². The summed E-state index contributed by atoms with van der Waals surface area (Å²) in [6.45, 7) is 10.4. The zero-order valence-corrected chi connectivity index (χ0v) is 12.5. The molecule has 0 aromatic heterocycles. The Kier molecular flexibility index (Phi) is 5.46. The first-order valence-electron chi connectivity index (χ1n) is 7.30. The molecule has 2 unspecified atom stereocenters. The van der Waals surface area contributed by atoms with E-state index in [0.29, 0.717) is 17.4 Å². The summed E-state index contributed by atoms with van der Waals surface area (Å²) in [5.41, 5.74) is 6.62. The van der Waals surface area contributed by atoms with Crippen LogP contribution in [0.3, 0.4) is 0 Å². The Morgan fingerprint density at radius 1 is 1.29 bits per heavy atom.